The largest absolute Gasteiger partial charge is 0.479 e. The molecule has 4 rings (SSSR count). The SMILES string of the molecule is CC1Oc2ccc(NC(=O)c3cc(-c4ccccc4)n(C)n3)cc2N(C)C1=O. The van der Waals surface area contributed by atoms with Crippen LogP contribution >= 0.6 is 0 Å². The van der Waals surface area contributed by atoms with Crippen molar-refractivity contribution in [1.29, 1.82) is 0 Å². The van der Waals surface area contributed by atoms with Crippen LogP contribution in [0.25, 0.3) is 11.3 Å². The average Bonchev–Trinajstić information content (AvgIpc) is 3.09. The van der Waals surface area contributed by atoms with Crippen LogP contribution in [0.1, 0.15) is 17.4 Å². The second-order valence-corrected chi connectivity index (χ2v) is 6.70. The van der Waals surface area contributed by atoms with Crippen LogP contribution in [0.2, 0.25) is 0 Å². The van der Waals surface area contributed by atoms with Crippen LogP contribution in [0.3, 0.4) is 0 Å². The molecule has 1 atom stereocenters. The Morgan fingerprint density at radius 2 is 1.86 bits per heavy atom. The summed E-state index contributed by atoms with van der Waals surface area (Å²) in [6, 6.07) is 16.7. The second-order valence-electron chi connectivity index (χ2n) is 6.70. The van der Waals surface area contributed by atoms with Gasteiger partial charge in [0.1, 0.15) is 5.75 Å². The van der Waals surface area contributed by atoms with Crippen LogP contribution in [0, 0.1) is 0 Å². The number of rotatable bonds is 3. The number of amides is 2. The number of aromatic nitrogens is 2. The van der Waals surface area contributed by atoms with Crippen LogP contribution in [-0.4, -0.2) is 34.7 Å². The Balaban J connectivity index is 1.58. The molecule has 0 saturated carbocycles. The molecule has 0 spiro atoms. The standard InChI is InChI=1S/C21H20N4O3/c1-13-21(27)24(2)18-11-15(9-10-19(18)28-13)22-20(26)16-12-17(25(3)23-16)14-7-5-4-6-8-14/h4-13H,1-3H3,(H,22,26). The van der Waals surface area contributed by atoms with Crippen molar-refractivity contribution < 1.29 is 14.3 Å². The first-order valence-electron chi connectivity index (χ1n) is 8.93. The molecule has 0 aliphatic carbocycles. The monoisotopic (exact) mass is 376 g/mol. The molecule has 142 valence electrons. The summed E-state index contributed by atoms with van der Waals surface area (Å²) in [5.41, 5.74) is 3.33. The highest BCUT2D eigenvalue weighted by molar-refractivity contribution is 6.05. The molecule has 0 bridgehead atoms. The van der Waals surface area contributed by atoms with E-state index in [1.54, 1.807) is 50.0 Å². The molecule has 2 aromatic carbocycles. The van der Waals surface area contributed by atoms with E-state index in [1.165, 1.54) is 4.90 Å². The first kappa shape index (κ1) is 17.8. The summed E-state index contributed by atoms with van der Waals surface area (Å²) >= 11 is 0. The smallest absolute Gasteiger partial charge is 0.276 e. The van der Waals surface area contributed by atoms with Crippen LogP contribution in [-0.2, 0) is 11.8 Å². The van der Waals surface area contributed by atoms with Crippen molar-refractivity contribution in [3.05, 3.63) is 60.3 Å². The maximum Gasteiger partial charge on any atom is 0.276 e. The quantitative estimate of drug-likeness (QED) is 0.762. The number of likely N-dealkylation sites (N-methyl/N-ethyl adjacent to an activating group) is 1. The maximum atomic E-state index is 12.7. The Kier molecular flexibility index (Phi) is 4.35. The summed E-state index contributed by atoms with van der Waals surface area (Å²) in [7, 11) is 3.49. The molecular weight excluding hydrogens is 356 g/mol. The van der Waals surface area contributed by atoms with Crippen molar-refractivity contribution in [1.82, 2.24) is 9.78 Å². The van der Waals surface area contributed by atoms with E-state index in [2.05, 4.69) is 10.4 Å². The number of carbonyl (C=O) groups is 2. The molecule has 28 heavy (non-hydrogen) atoms. The molecule has 2 heterocycles. The van der Waals surface area contributed by atoms with Crippen molar-refractivity contribution in [2.75, 3.05) is 17.3 Å². The molecule has 2 amide bonds. The highest BCUT2D eigenvalue weighted by Gasteiger charge is 2.29. The Labute approximate surface area is 162 Å². The molecule has 1 aromatic heterocycles. The van der Waals surface area contributed by atoms with Gasteiger partial charge < -0.3 is 15.0 Å². The second kappa shape index (κ2) is 6.84. The summed E-state index contributed by atoms with van der Waals surface area (Å²) in [6.45, 7) is 1.71. The van der Waals surface area contributed by atoms with Gasteiger partial charge in [0.15, 0.2) is 11.8 Å². The molecule has 0 fully saturated rings. The first-order chi connectivity index (χ1) is 13.4. The topological polar surface area (TPSA) is 76.5 Å². The zero-order valence-electron chi connectivity index (χ0n) is 15.8. The molecular formula is C21H20N4O3. The zero-order valence-corrected chi connectivity index (χ0v) is 15.8. The van der Waals surface area contributed by atoms with Gasteiger partial charge in [-0.05, 0) is 36.8 Å². The van der Waals surface area contributed by atoms with Crippen LogP contribution in [0.15, 0.2) is 54.6 Å². The zero-order chi connectivity index (χ0) is 19.8. The number of carbonyl (C=O) groups excluding carboxylic acids is 2. The van der Waals surface area contributed by atoms with Crippen LogP contribution < -0.4 is 15.0 Å². The molecule has 1 unspecified atom stereocenters. The predicted octanol–water partition coefficient (Wildman–Crippen LogP) is 3.08. The number of nitrogens with one attached hydrogen (secondary N) is 1. The normalized spacial score (nSPS) is 15.8. The molecule has 7 nitrogen and oxygen atoms in total. The lowest BCUT2D eigenvalue weighted by Crippen LogP contribution is -2.41. The van der Waals surface area contributed by atoms with Gasteiger partial charge in [-0.1, -0.05) is 30.3 Å². The molecule has 0 saturated heterocycles. The lowest BCUT2D eigenvalue weighted by atomic mass is 10.1. The van der Waals surface area contributed by atoms with Gasteiger partial charge in [0.05, 0.1) is 11.4 Å². The highest BCUT2D eigenvalue weighted by Crippen LogP contribution is 2.35. The van der Waals surface area contributed by atoms with Crippen molar-refractivity contribution >= 4 is 23.2 Å². The van der Waals surface area contributed by atoms with Gasteiger partial charge in [-0.2, -0.15) is 5.10 Å². The van der Waals surface area contributed by atoms with E-state index in [-0.39, 0.29) is 11.8 Å². The maximum absolute atomic E-state index is 12.7. The fourth-order valence-electron chi connectivity index (χ4n) is 3.24. The number of hydrogen-bond acceptors (Lipinski definition) is 4. The fraction of sp³-hybridized carbons (Fsp3) is 0.190. The van der Waals surface area contributed by atoms with E-state index in [0.29, 0.717) is 22.8 Å². The van der Waals surface area contributed by atoms with Crippen molar-refractivity contribution in [3.63, 3.8) is 0 Å². The van der Waals surface area contributed by atoms with Gasteiger partial charge in [0, 0.05) is 19.8 Å². The van der Waals surface area contributed by atoms with E-state index in [1.807, 2.05) is 30.3 Å². The molecule has 1 N–H and O–H groups in total. The van der Waals surface area contributed by atoms with Gasteiger partial charge in [0.25, 0.3) is 11.8 Å². The molecule has 3 aromatic rings. The first-order valence-corrected chi connectivity index (χ1v) is 8.93. The van der Waals surface area contributed by atoms with E-state index < -0.39 is 6.10 Å². The summed E-state index contributed by atoms with van der Waals surface area (Å²) < 4.78 is 7.29. The Bertz CT molecular complexity index is 1060. The van der Waals surface area contributed by atoms with Gasteiger partial charge in [-0.15, -0.1) is 0 Å². The summed E-state index contributed by atoms with van der Waals surface area (Å²) in [5, 5.41) is 7.16. The predicted molar refractivity (Wildman–Crippen MR) is 107 cm³/mol. The minimum atomic E-state index is -0.525. The number of anilines is 2. The third-order valence-electron chi connectivity index (χ3n) is 4.74. The van der Waals surface area contributed by atoms with E-state index >= 15 is 0 Å². The molecule has 0 radical (unpaired) electrons. The van der Waals surface area contributed by atoms with Gasteiger partial charge in [0.2, 0.25) is 0 Å². The molecule has 1 aliphatic heterocycles. The van der Waals surface area contributed by atoms with Crippen LogP contribution in [0.4, 0.5) is 11.4 Å². The molecule has 1 aliphatic rings. The fourth-order valence-corrected chi connectivity index (χ4v) is 3.24. The van der Waals surface area contributed by atoms with Gasteiger partial charge in [-0.3, -0.25) is 14.3 Å². The third kappa shape index (κ3) is 3.11. The van der Waals surface area contributed by atoms with Crippen LogP contribution in [0.5, 0.6) is 5.75 Å². The Morgan fingerprint density at radius 3 is 2.61 bits per heavy atom. The lowest BCUT2D eigenvalue weighted by Gasteiger charge is -2.30. The summed E-state index contributed by atoms with van der Waals surface area (Å²) in [6.07, 6.45) is -0.525. The number of ether oxygens (including phenoxy) is 1. The molecule has 7 heteroatoms. The Hall–Kier alpha value is -3.61. The lowest BCUT2D eigenvalue weighted by molar-refractivity contribution is -0.125. The highest BCUT2D eigenvalue weighted by atomic mass is 16.5. The average molecular weight is 376 g/mol. The Morgan fingerprint density at radius 1 is 1.11 bits per heavy atom. The number of fused-ring (bicyclic) bond motifs is 1. The number of nitrogens with zero attached hydrogens (tertiary/aromatic N) is 3. The minimum absolute atomic E-state index is 0.131. The van der Waals surface area contributed by atoms with E-state index in [4.69, 9.17) is 4.74 Å². The summed E-state index contributed by atoms with van der Waals surface area (Å²) in [5.74, 6) is 0.154. The van der Waals surface area contributed by atoms with Gasteiger partial charge >= 0.3 is 0 Å². The van der Waals surface area contributed by atoms with Gasteiger partial charge in [-0.25, -0.2) is 0 Å². The van der Waals surface area contributed by atoms with Crippen molar-refractivity contribution in [2.45, 2.75) is 13.0 Å². The number of aryl methyl sites for hydroxylation is 1. The van der Waals surface area contributed by atoms with Crippen molar-refractivity contribution in [2.24, 2.45) is 7.05 Å². The summed E-state index contributed by atoms with van der Waals surface area (Å²) in [4.78, 5) is 26.3. The number of hydrogen-bond donors (Lipinski definition) is 1. The van der Waals surface area contributed by atoms with E-state index in [0.717, 1.165) is 11.3 Å². The number of benzene rings is 2. The van der Waals surface area contributed by atoms with Crippen molar-refractivity contribution in [3.8, 4) is 17.0 Å². The van der Waals surface area contributed by atoms with E-state index in [9.17, 15) is 9.59 Å². The third-order valence-corrected chi connectivity index (χ3v) is 4.74. The minimum Gasteiger partial charge on any atom is -0.479 e.